The van der Waals surface area contributed by atoms with Crippen LogP contribution in [0.15, 0.2) is 11.6 Å². The maximum atomic E-state index is 10.5. The van der Waals surface area contributed by atoms with E-state index in [0.717, 1.165) is 44.9 Å². The molecule has 0 radical (unpaired) electrons. The van der Waals surface area contributed by atoms with E-state index in [1.54, 1.807) is 0 Å². The van der Waals surface area contributed by atoms with E-state index in [1.807, 2.05) is 0 Å². The normalized spacial score (nSPS) is 57.6. The van der Waals surface area contributed by atoms with E-state index >= 15 is 0 Å². The van der Waals surface area contributed by atoms with Crippen molar-refractivity contribution in [3.63, 3.8) is 0 Å². The van der Waals surface area contributed by atoms with Crippen molar-refractivity contribution in [2.24, 2.45) is 28.6 Å². The molecule has 8 atom stereocenters. The highest BCUT2D eigenvalue weighted by atomic mass is 16.3. The molecule has 22 heavy (non-hydrogen) atoms. The summed E-state index contributed by atoms with van der Waals surface area (Å²) in [4.78, 5) is 0. The minimum Gasteiger partial charge on any atom is -0.393 e. The zero-order chi connectivity index (χ0) is 15.7. The van der Waals surface area contributed by atoms with Gasteiger partial charge in [0.2, 0.25) is 0 Å². The van der Waals surface area contributed by atoms with Gasteiger partial charge in [-0.3, -0.25) is 0 Å². The van der Waals surface area contributed by atoms with Gasteiger partial charge in [0, 0.05) is 0 Å². The highest BCUT2D eigenvalue weighted by Crippen LogP contribution is 2.64. The van der Waals surface area contributed by atoms with Crippen LogP contribution in [0.5, 0.6) is 0 Å². The van der Waals surface area contributed by atoms with Crippen LogP contribution in [0, 0.1) is 28.6 Å². The summed E-state index contributed by atoms with van der Waals surface area (Å²) in [6.07, 6.45) is 8.04. The molecule has 0 spiro atoms. The van der Waals surface area contributed by atoms with Crippen molar-refractivity contribution < 1.29 is 15.3 Å². The average Bonchev–Trinajstić information content (AvgIpc) is 2.72. The molecule has 3 heteroatoms. The van der Waals surface area contributed by atoms with E-state index in [4.69, 9.17) is 0 Å². The highest BCUT2D eigenvalue weighted by Gasteiger charge is 2.60. The van der Waals surface area contributed by atoms with Crippen LogP contribution in [0.25, 0.3) is 0 Å². The maximum absolute atomic E-state index is 10.5. The van der Waals surface area contributed by atoms with Crippen molar-refractivity contribution in [1.82, 2.24) is 0 Å². The molecule has 0 saturated heterocycles. The van der Waals surface area contributed by atoms with Crippen LogP contribution in [-0.4, -0.2) is 33.6 Å². The van der Waals surface area contributed by atoms with Gasteiger partial charge in [-0.05, 0) is 73.5 Å². The summed E-state index contributed by atoms with van der Waals surface area (Å²) < 4.78 is 0. The van der Waals surface area contributed by atoms with Gasteiger partial charge in [0.1, 0.15) is 0 Å². The second-order valence-electron chi connectivity index (χ2n) is 8.95. The Morgan fingerprint density at radius 2 is 1.82 bits per heavy atom. The Labute approximate surface area is 133 Å². The standard InChI is InChI=1S/C19H30O3/c1-18-7-5-12(20)9-11(18)3-4-13-14(18)6-8-19(2)15(13)10-16(21)17(19)22/h3,12-17,20-22H,4-10H2,1-2H3/t12-,13+,14-,15-,16-,17+,18-,19-/m0/s1. The van der Waals surface area contributed by atoms with Gasteiger partial charge >= 0.3 is 0 Å². The first-order chi connectivity index (χ1) is 10.4. The zero-order valence-corrected chi connectivity index (χ0v) is 13.8. The fourth-order valence-electron chi connectivity index (χ4n) is 6.63. The smallest absolute Gasteiger partial charge is 0.0855 e. The second kappa shape index (κ2) is 4.81. The maximum Gasteiger partial charge on any atom is 0.0855 e. The third-order valence-electron chi connectivity index (χ3n) is 8.05. The topological polar surface area (TPSA) is 60.7 Å². The number of aliphatic hydroxyl groups excluding tert-OH is 3. The first-order valence-corrected chi connectivity index (χ1v) is 9.10. The van der Waals surface area contributed by atoms with Crippen molar-refractivity contribution in [1.29, 1.82) is 0 Å². The Hall–Kier alpha value is -0.380. The lowest BCUT2D eigenvalue weighted by atomic mass is 9.48. The van der Waals surface area contributed by atoms with Crippen LogP contribution in [-0.2, 0) is 0 Å². The quantitative estimate of drug-likeness (QED) is 0.603. The molecule has 0 amide bonds. The first-order valence-electron chi connectivity index (χ1n) is 9.10. The number of hydrogen-bond acceptors (Lipinski definition) is 3. The molecule has 4 rings (SSSR count). The van der Waals surface area contributed by atoms with E-state index in [-0.39, 0.29) is 16.9 Å². The van der Waals surface area contributed by atoms with Gasteiger partial charge in [-0.25, -0.2) is 0 Å². The lowest BCUT2D eigenvalue weighted by molar-refractivity contribution is -0.0817. The summed E-state index contributed by atoms with van der Waals surface area (Å²) in [7, 11) is 0. The molecular formula is C19H30O3. The number of allylic oxidation sites excluding steroid dienone is 1. The summed E-state index contributed by atoms with van der Waals surface area (Å²) >= 11 is 0. The molecule has 4 aliphatic rings. The molecule has 0 aromatic rings. The number of aliphatic hydroxyl groups is 3. The van der Waals surface area contributed by atoms with Crippen LogP contribution in [0.4, 0.5) is 0 Å². The molecule has 3 N–H and O–H groups in total. The Morgan fingerprint density at radius 3 is 2.59 bits per heavy atom. The predicted octanol–water partition coefficient (Wildman–Crippen LogP) is 2.64. The van der Waals surface area contributed by atoms with Crippen LogP contribution in [0.2, 0.25) is 0 Å². The largest absolute Gasteiger partial charge is 0.393 e. The SMILES string of the molecule is C[C@]12CC[C@H]3[C@@H](CC=C4C[C@@H](O)CC[C@@]43C)[C@@H]1C[C@H](O)[C@H]2O. The average molecular weight is 306 g/mol. The molecule has 3 fully saturated rings. The molecule has 0 aliphatic heterocycles. The fourth-order valence-corrected chi connectivity index (χ4v) is 6.63. The Morgan fingerprint density at radius 1 is 1.05 bits per heavy atom. The van der Waals surface area contributed by atoms with E-state index in [1.165, 1.54) is 5.57 Å². The minimum absolute atomic E-state index is 0.101. The van der Waals surface area contributed by atoms with E-state index in [9.17, 15) is 15.3 Å². The monoisotopic (exact) mass is 306 g/mol. The zero-order valence-electron chi connectivity index (χ0n) is 13.8. The van der Waals surface area contributed by atoms with Gasteiger partial charge in [-0.2, -0.15) is 0 Å². The van der Waals surface area contributed by atoms with Crippen LogP contribution < -0.4 is 0 Å². The lowest BCUT2D eigenvalue weighted by Gasteiger charge is -2.57. The second-order valence-corrected chi connectivity index (χ2v) is 8.95. The van der Waals surface area contributed by atoms with Crippen molar-refractivity contribution in [2.45, 2.75) is 77.1 Å². The first kappa shape index (κ1) is 15.2. The van der Waals surface area contributed by atoms with Crippen LogP contribution >= 0.6 is 0 Å². The van der Waals surface area contributed by atoms with Gasteiger partial charge in [0.05, 0.1) is 18.3 Å². The summed E-state index contributed by atoms with van der Waals surface area (Å²) in [6, 6.07) is 0. The number of rotatable bonds is 0. The molecule has 0 aromatic carbocycles. The van der Waals surface area contributed by atoms with Crippen molar-refractivity contribution in [2.75, 3.05) is 0 Å². The molecule has 4 aliphatic carbocycles. The minimum atomic E-state index is -0.551. The summed E-state index contributed by atoms with van der Waals surface area (Å²) in [5.41, 5.74) is 1.62. The summed E-state index contributed by atoms with van der Waals surface area (Å²) in [5, 5.41) is 30.7. The third-order valence-corrected chi connectivity index (χ3v) is 8.05. The molecule has 3 saturated carbocycles. The molecule has 3 nitrogen and oxygen atoms in total. The van der Waals surface area contributed by atoms with E-state index < -0.39 is 12.2 Å². The lowest BCUT2D eigenvalue weighted by Crippen LogP contribution is -2.51. The predicted molar refractivity (Wildman–Crippen MR) is 85.1 cm³/mol. The highest BCUT2D eigenvalue weighted by molar-refractivity contribution is 5.25. The van der Waals surface area contributed by atoms with Crippen molar-refractivity contribution in [3.8, 4) is 0 Å². The van der Waals surface area contributed by atoms with Crippen molar-refractivity contribution >= 4 is 0 Å². The van der Waals surface area contributed by atoms with E-state index in [0.29, 0.717) is 17.8 Å². The number of fused-ring (bicyclic) bond motifs is 5. The molecular weight excluding hydrogens is 276 g/mol. The van der Waals surface area contributed by atoms with Gasteiger partial charge in [-0.1, -0.05) is 25.5 Å². The molecule has 0 bridgehead atoms. The molecule has 124 valence electrons. The Balaban J connectivity index is 1.68. The van der Waals surface area contributed by atoms with Crippen LogP contribution in [0.1, 0.15) is 58.8 Å². The molecule has 0 heterocycles. The van der Waals surface area contributed by atoms with Gasteiger partial charge < -0.3 is 15.3 Å². The number of hydrogen-bond donors (Lipinski definition) is 3. The van der Waals surface area contributed by atoms with Gasteiger partial charge in [0.25, 0.3) is 0 Å². The van der Waals surface area contributed by atoms with Crippen LogP contribution in [0.3, 0.4) is 0 Å². The Kier molecular flexibility index (Phi) is 3.32. The molecule has 0 aromatic heterocycles. The summed E-state index contributed by atoms with van der Waals surface area (Å²) in [6.45, 7) is 4.60. The third kappa shape index (κ3) is 1.85. The summed E-state index contributed by atoms with van der Waals surface area (Å²) in [5.74, 6) is 1.70. The van der Waals surface area contributed by atoms with E-state index in [2.05, 4.69) is 19.9 Å². The Bertz CT molecular complexity index is 501. The molecule has 0 unspecified atom stereocenters. The van der Waals surface area contributed by atoms with Gasteiger partial charge in [-0.15, -0.1) is 0 Å². The van der Waals surface area contributed by atoms with Crippen molar-refractivity contribution in [3.05, 3.63) is 11.6 Å². The van der Waals surface area contributed by atoms with Gasteiger partial charge in [0.15, 0.2) is 0 Å². The fraction of sp³-hybridized carbons (Fsp3) is 0.895.